The Kier molecular flexibility index (Phi) is 5.52. The Labute approximate surface area is 199 Å². The summed E-state index contributed by atoms with van der Waals surface area (Å²) in [5.41, 5.74) is 4.75. The number of hydrogen-bond acceptors (Lipinski definition) is 5. The first-order valence-corrected chi connectivity index (χ1v) is 12.0. The van der Waals surface area contributed by atoms with Crippen LogP contribution in [0.1, 0.15) is 24.0 Å². The average Bonchev–Trinajstić information content (AvgIpc) is 3.46. The monoisotopic (exact) mass is 462 g/mol. The summed E-state index contributed by atoms with van der Waals surface area (Å²) in [6.07, 6.45) is 3.41. The molecule has 0 N–H and O–H groups in total. The van der Waals surface area contributed by atoms with E-state index in [4.69, 9.17) is 25.8 Å². The molecule has 1 atom stereocenters. The lowest BCUT2D eigenvalue weighted by atomic mass is 10.1. The van der Waals surface area contributed by atoms with Gasteiger partial charge in [-0.15, -0.1) is 0 Å². The van der Waals surface area contributed by atoms with Gasteiger partial charge in [-0.3, -0.25) is 4.90 Å². The number of halogens is 1. The van der Waals surface area contributed by atoms with Crippen LogP contribution in [0.25, 0.3) is 0 Å². The van der Waals surface area contributed by atoms with Crippen molar-refractivity contribution < 1.29 is 14.2 Å². The lowest BCUT2D eigenvalue weighted by molar-refractivity contribution is 0.174. The molecule has 3 aromatic rings. The van der Waals surface area contributed by atoms with Gasteiger partial charge >= 0.3 is 0 Å². The van der Waals surface area contributed by atoms with Crippen LogP contribution < -0.4 is 19.1 Å². The molecule has 0 spiro atoms. The fourth-order valence-electron chi connectivity index (χ4n) is 5.18. The molecule has 0 bridgehead atoms. The summed E-state index contributed by atoms with van der Waals surface area (Å²) in [6, 6.07) is 21.2. The maximum atomic E-state index is 6.41. The van der Waals surface area contributed by atoms with Crippen LogP contribution in [-0.4, -0.2) is 37.4 Å². The second kappa shape index (κ2) is 8.81. The quantitative estimate of drug-likeness (QED) is 0.478. The lowest BCUT2D eigenvalue weighted by Crippen LogP contribution is -2.39. The van der Waals surface area contributed by atoms with Gasteiger partial charge in [-0.2, -0.15) is 0 Å². The minimum Gasteiger partial charge on any atom is -0.487 e. The lowest BCUT2D eigenvalue weighted by Gasteiger charge is -2.33. The van der Waals surface area contributed by atoms with Crippen molar-refractivity contribution in [3.63, 3.8) is 0 Å². The van der Waals surface area contributed by atoms with Crippen LogP contribution >= 0.6 is 11.6 Å². The van der Waals surface area contributed by atoms with Gasteiger partial charge in [-0.1, -0.05) is 35.9 Å². The first-order chi connectivity index (χ1) is 16.2. The van der Waals surface area contributed by atoms with Crippen molar-refractivity contribution in [1.82, 2.24) is 4.90 Å². The fraction of sp³-hybridized carbons (Fsp3) is 0.333. The predicted molar refractivity (Wildman–Crippen MR) is 130 cm³/mol. The maximum absolute atomic E-state index is 6.41. The first-order valence-electron chi connectivity index (χ1n) is 11.6. The van der Waals surface area contributed by atoms with Crippen molar-refractivity contribution in [3.8, 4) is 17.2 Å². The molecule has 0 aliphatic carbocycles. The summed E-state index contributed by atoms with van der Waals surface area (Å²) < 4.78 is 17.2. The highest BCUT2D eigenvalue weighted by atomic mass is 35.5. The van der Waals surface area contributed by atoms with E-state index in [9.17, 15) is 0 Å². The van der Waals surface area contributed by atoms with Crippen molar-refractivity contribution in [2.24, 2.45) is 0 Å². The number of hydrogen-bond donors (Lipinski definition) is 0. The van der Waals surface area contributed by atoms with Crippen molar-refractivity contribution in [3.05, 3.63) is 76.8 Å². The number of para-hydroxylation sites is 1. The molecule has 3 aliphatic heterocycles. The maximum Gasteiger partial charge on any atom is 0.231 e. The van der Waals surface area contributed by atoms with Gasteiger partial charge in [0, 0.05) is 35.4 Å². The molecule has 0 amide bonds. The number of rotatable bonds is 5. The second-order valence-electron chi connectivity index (χ2n) is 8.91. The molecule has 6 rings (SSSR count). The van der Waals surface area contributed by atoms with Crippen molar-refractivity contribution in [2.45, 2.75) is 31.9 Å². The topological polar surface area (TPSA) is 34.2 Å². The highest BCUT2D eigenvalue weighted by molar-refractivity contribution is 6.31. The van der Waals surface area contributed by atoms with Gasteiger partial charge in [-0.05, 0) is 67.8 Å². The second-order valence-corrected chi connectivity index (χ2v) is 9.35. The van der Waals surface area contributed by atoms with E-state index in [2.05, 4.69) is 46.2 Å². The molecule has 170 valence electrons. The van der Waals surface area contributed by atoms with Crippen LogP contribution in [0, 0.1) is 0 Å². The Morgan fingerprint density at radius 3 is 2.73 bits per heavy atom. The van der Waals surface area contributed by atoms with Crippen molar-refractivity contribution >= 4 is 23.0 Å². The summed E-state index contributed by atoms with van der Waals surface area (Å²) in [5.74, 6) is 2.60. The van der Waals surface area contributed by atoms with Crippen molar-refractivity contribution in [1.29, 1.82) is 0 Å². The van der Waals surface area contributed by atoms with Gasteiger partial charge in [-0.25, -0.2) is 0 Å². The summed E-state index contributed by atoms with van der Waals surface area (Å²) in [4.78, 5) is 5.04. The third-order valence-corrected chi connectivity index (χ3v) is 7.13. The standard InChI is InChI=1S/C27H27ClN2O3/c28-21-8-10-25-24(15-21)30(23-6-2-1-4-20(23)17-31-25)16-22-5-3-12-29(22)13-11-19-7-9-26-27(14-19)33-18-32-26/h1-2,4,6-10,14-15,22H,3,5,11-13,16-18H2/t22-/m1/s1. The number of fused-ring (bicyclic) bond motifs is 3. The Balaban J connectivity index is 1.23. The summed E-state index contributed by atoms with van der Waals surface area (Å²) >= 11 is 6.41. The van der Waals surface area contributed by atoms with Crippen LogP contribution in [0.5, 0.6) is 17.2 Å². The smallest absolute Gasteiger partial charge is 0.231 e. The summed E-state index contributed by atoms with van der Waals surface area (Å²) in [6.45, 7) is 3.95. The van der Waals surface area contributed by atoms with Gasteiger partial charge in [0.05, 0.1) is 5.69 Å². The molecule has 0 saturated carbocycles. The molecule has 3 aromatic carbocycles. The van der Waals surface area contributed by atoms with E-state index >= 15 is 0 Å². The van der Waals surface area contributed by atoms with E-state index in [1.54, 1.807) is 0 Å². The molecule has 3 heterocycles. The predicted octanol–water partition coefficient (Wildman–Crippen LogP) is 5.81. The van der Waals surface area contributed by atoms with Crippen LogP contribution in [0.15, 0.2) is 60.7 Å². The van der Waals surface area contributed by atoms with Crippen molar-refractivity contribution in [2.75, 3.05) is 31.3 Å². The normalized spacial score (nSPS) is 19.1. The third-order valence-electron chi connectivity index (χ3n) is 6.89. The molecule has 0 aromatic heterocycles. The van der Waals surface area contributed by atoms with Gasteiger partial charge < -0.3 is 19.1 Å². The highest BCUT2D eigenvalue weighted by Gasteiger charge is 2.30. The first kappa shape index (κ1) is 20.7. The molecule has 0 radical (unpaired) electrons. The van der Waals surface area contributed by atoms with E-state index in [1.165, 1.54) is 29.7 Å². The average molecular weight is 463 g/mol. The van der Waals surface area contributed by atoms with E-state index in [-0.39, 0.29) is 0 Å². The SMILES string of the molecule is Clc1ccc2c(c1)N(C[C@H]1CCCN1CCc1ccc3c(c1)OCO3)c1ccccc1CO2. The van der Waals surface area contributed by atoms with E-state index < -0.39 is 0 Å². The van der Waals surface area contributed by atoms with Gasteiger partial charge in [0.15, 0.2) is 11.5 Å². The molecule has 1 saturated heterocycles. The minimum absolute atomic E-state index is 0.319. The molecule has 6 heteroatoms. The van der Waals surface area contributed by atoms with Gasteiger partial charge in [0.2, 0.25) is 6.79 Å². The largest absolute Gasteiger partial charge is 0.487 e. The summed E-state index contributed by atoms with van der Waals surface area (Å²) in [5, 5.41) is 0.729. The molecule has 33 heavy (non-hydrogen) atoms. The van der Waals surface area contributed by atoms with Crippen LogP contribution in [0.2, 0.25) is 5.02 Å². The fourth-order valence-corrected chi connectivity index (χ4v) is 5.34. The number of ether oxygens (including phenoxy) is 3. The molecule has 1 fully saturated rings. The molecular weight excluding hydrogens is 436 g/mol. The van der Waals surface area contributed by atoms with Gasteiger partial charge in [0.1, 0.15) is 12.4 Å². The Bertz CT molecular complexity index is 1170. The van der Waals surface area contributed by atoms with E-state index in [0.717, 1.165) is 54.0 Å². The number of likely N-dealkylation sites (tertiary alicyclic amines) is 1. The number of nitrogens with zero attached hydrogens (tertiary/aromatic N) is 2. The molecule has 3 aliphatic rings. The Hall–Kier alpha value is -2.89. The van der Waals surface area contributed by atoms with Gasteiger partial charge in [0.25, 0.3) is 0 Å². The number of benzene rings is 3. The third kappa shape index (κ3) is 4.11. The molecule has 5 nitrogen and oxygen atoms in total. The minimum atomic E-state index is 0.319. The van der Waals surface area contributed by atoms with Crippen LogP contribution in [-0.2, 0) is 13.0 Å². The Morgan fingerprint density at radius 2 is 1.76 bits per heavy atom. The molecule has 0 unspecified atom stereocenters. The highest BCUT2D eigenvalue weighted by Crippen LogP contribution is 2.41. The van der Waals surface area contributed by atoms with Crippen LogP contribution in [0.4, 0.5) is 11.4 Å². The van der Waals surface area contributed by atoms with E-state index in [1.807, 2.05) is 24.3 Å². The summed E-state index contributed by atoms with van der Waals surface area (Å²) in [7, 11) is 0. The van der Waals surface area contributed by atoms with E-state index in [0.29, 0.717) is 19.4 Å². The zero-order valence-electron chi connectivity index (χ0n) is 18.5. The Morgan fingerprint density at radius 1 is 0.879 bits per heavy atom. The molecular formula is C27H27ClN2O3. The zero-order chi connectivity index (χ0) is 22.2. The van der Waals surface area contributed by atoms with Crippen LogP contribution in [0.3, 0.4) is 0 Å². The zero-order valence-corrected chi connectivity index (χ0v) is 19.3. The number of anilines is 2.